The Morgan fingerprint density at radius 1 is 1.00 bits per heavy atom. The van der Waals surface area contributed by atoms with Gasteiger partial charge in [0.1, 0.15) is 6.17 Å². The van der Waals surface area contributed by atoms with Crippen LogP contribution in [0.25, 0.3) is 0 Å². The Balaban J connectivity index is 1.80. The van der Waals surface area contributed by atoms with Crippen molar-refractivity contribution in [1.29, 1.82) is 0 Å². The van der Waals surface area contributed by atoms with Crippen LogP contribution in [0.15, 0.2) is 24.4 Å². The third-order valence-corrected chi connectivity index (χ3v) is 6.70. The van der Waals surface area contributed by atoms with E-state index in [2.05, 4.69) is 54.6 Å². The summed E-state index contributed by atoms with van der Waals surface area (Å²) in [5, 5.41) is 0. The van der Waals surface area contributed by atoms with Gasteiger partial charge in [-0.05, 0) is 24.0 Å². The van der Waals surface area contributed by atoms with Crippen molar-refractivity contribution in [2.75, 3.05) is 26.2 Å². The summed E-state index contributed by atoms with van der Waals surface area (Å²) in [7, 11) is 0. The molecule has 4 nitrogen and oxygen atoms in total. The molecule has 0 spiro atoms. The van der Waals surface area contributed by atoms with Gasteiger partial charge in [-0.2, -0.15) is 0 Å². The lowest BCUT2D eigenvalue weighted by molar-refractivity contribution is -0.218. The maximum Gasteiger partial charge on any atom is 0.150 e. The number of rotatable bonds is 3. The molecule has 4 aliphatic rings. The van der Waals surface area contributed by atoms with Crippen molar-refractivity contribution >= 4 is 5.78 Å². The molecular weight excluding hydrogens is 286 g/mol. The number of carbonyl (C=O) groups excluding carboxylic acids is 1. The molecule has 124 valence electrons. The quantitative estimate of drug-likeness (QED) is 0.859. The van der Waals surface area contributed by atoms with Crippen molar-refractivity contribution in [1.82, 2.24) is 14.8 Å². The number of pyridine rings is 1. The normalized spacial score (nSPS) is 42.0. The molecule has 0 aromatic carbocycles. The summed E-state index contributed by atoms with van der Waals surface area (Å²) in [6.07, 6.45) is 2.12. The predicted octanol–water partition coefficient (Wildman–Crippen LogP) is 2.58. The highest BCUT2D eigenvalue weighted by Crippen LogP contribution is 2.56. The van der Waals surface area contributed by atoms with Gasteiger partial charge in [-0.1, -0.05) is 33.8 Å². The minimum atomic E-state index is -0.202. The van der Waals surface area contributed by atoms with E-state index in [4.69, 9.17) is 0 Å². The molecule has 4 bridgehead atoms. The van der Waals surface area contributed by atoms with Gasteiger partial charge in [-0.25, -0.2) is 0 Å². The topological polar surface area (TPSA) is 36.4 Å². The fourth-order valence-electron chi connectivity index (χ4n) is 5.18. The van der Waals surface area contributed by atoms with Crippen LogP contribution in [0.2, 0.25) is 0 Å². The van der Waals surface area contributed by atoms with Crippen LogP contribution in [0.1, 0.15) is 39.6 Å². The minimum Gasteiger partial charge on any atom is -0.298 e. The highest BCUT2D eigenvalue weighted by Gasteiger charge is 2.67. The molecule has 5 heterocycles. The molecule has 1 aromatic rings. The first kappa shape index (κ1) is 15.3. The van der Waals surface area contributed by atoms with Crippen molar-refractivity contribution < 1.29 is 4.79 Å². The lowest BCUT2D eigenvalue weighted by Gasteiger charge is -2.68. The second-order valence-electron chi connectivity index (χ2n) is 8.39. The molecule has 4 aliphatic heterocycles. The number of piperidine rings is 2. The molecule has 23 heavy (non-hydrogen) atoms. The van der Waals surface area contributed by atoms with E-state index >= 15 is 0 Å². The number of Topliss-reactive ketones (excluding diaryl/α,β-unsaturated/α-hetero) is 1. The maximum absolute atomic E-state index is 13.5. The van der Waals surface area contributed by atoms with E-state index in [1.165, 1.54) is 0 Å². The minimum absolute atomic E-state index is 0.202. The summed E-state index contributed by atoms with van der Waals surface area (Å²) in [4.78, 5) is 23.1. The van der Waals surface area contributed by atoms with E-state index in [1.807, 2.05) is 12.3 Å². The Morgan fingerprint density at radius 3 is 1.91 bits per heavy atom. The summed E-state index contributed by atoms with van der Waals surface area (Å²) < 4.78 is 0. The van der Waals surface area contributed by atoms with Gasteiger partial charge in [0.15, 0.2) is 5.78 Å². The van der Waals surface area contributed by atoms with Crippen LogP contribution >= 0.6 is 0 Å². The van der Waals surface area contributed by atoms with E-state index in [0.29, 0.717) is 17.6 Å². The Bertz CT molecular complexity index is 579. The van der Waals surface area contributed by atoms with Crippen LogP contribution in [-0.4, -0.2) is 46.7 Å². The van der Waals surface area contributed by atoms with Gasteiger partial charge < -0.3 is 0 Å². The average Bonchev–Trinajstić information content (AvgIpc) is 2.51. The van der Waals surface area contributed by atoms with Crippen LogP contribution < -0.4 is 0 Å². The van der Waals surface area contributed by atoms with Gasteiger partial charge in [0.25, 0.3) is 0 Å². The number of carbonyl (C=O) groups is 1. The SMILES string of the molecule is CC(C)C12CN3CC(C(C)C)(CN(C1)C3c1ccccn1)C2=O. The van der Waals surface area contributed by atoms with Crippen LogP contribution in [0.3, 0.4) is 0 Å². The zero-order chi connectivity index (χ0) is 16.4. The molecule has 0 unspecified atom stereocenters. The second-order valence-corrected chi connectivity index (χ2v) is 8.39. The fourth-order valence-corrected chi connectivity index (χ4v) is 5.18. The first-order valence-electron chi connectivity index (χ1n) is 8.85. The molecule has 0 radical (unpaired) electrons. The molecule has 0 N–H and O–H groups in total. The summed E-state index contributed by atoms with van der Waals surface area (Å²) in [6.45, 7) is 12.4. The van der Waals surface area contributed by atoms with Crippen molar-refractivity contribution in [2.45, 2.75) is 33.9 Å². The molecule has 0 amide bonds. The third kappa shape index (κ3) is 1.85. The third-order valence-electron chi connectivity index (χ3n) is 6.70. The zero-order valence-electron chi connectivity index (χ0n) is 14.6. The van der Waals surface area contributed by atoms with Gasteiger partial charge in [-0.15, -0.1) is 0 Å². The zero-order valence-corrected chi connectivity index (χ0v) is 14.6. The Hall–Kier alpha value is -1.26. The lowest BCUT2D eigenvalue weighted by Crippen LogP contribution is -2.78. The fraction of sp³-hybridized carbons (Fsp3) is 0.684. The Kier molecular flexibility index (Phi) is 3.23. The standard InChI is InChI=1S/C19H27N3O/c1-13(2)18-9-21-11-19(14(3)4,17(18)23)12-22(10-18)16(21)15-7-5-6-8-20-15/h5-8,13-14,16H,9-12H2,1-4H3. The smallest absolute Gasteiger partial charge is 0.150 e. The van der Waals surface area contributed by atoms with Crippen LogP contribution in [0.4, 0.5) is 0 Å². The summed E-state index contributed by atoms with van der Waals surface area (Å²) in [5.74, 6) is 1.29. The lowest BCUT2D eigenvalue weighted by atomic mass is 9.53. The van der Waals surface area contributed by atoms with Gasteiger partial charge in [-0.3, -0.25) is 19.6 Å². The number of hydrogen-bond donors (Lipinski definition) is 0. The van der Waals surface area contributed by atoms with E-state index in [1.54, 1.807) is 0 Å². The molecular formula is C19H27N3O. The van der Waals surface area contributed by atoms with Crippen LogP contribution in [-0.2, 0) is 4.79 Å². The predicted molar refractivity (Wildman–Crippen MR) is 89.7 cm³/mol. The van der Waals surface area contributed by atoms with Gasteiger partial charge in [0, 0.05) is 32.4 Å². The molecule has 4 fully saturated rings. The van der Waals surface area contributed by atoms with Crippen molar-refractivity contribution in [3.8, 4) is 0 Å². The van der Waals surface area contributed by atoms with E-state index in [9.17, 15) is 4.79 Å². The van der Waals surface area contributed by atoms with Gasteiger partial charge in [0.2, 0.25) is 0 Å². The number of ketones is 1. The molecule has 0 atom stereocenters. The highest BCUT2D eigenvalue weighted by atomic mass is 16.1. The number of hydrogen-bond acceptors (Lipinski definition) is 4. The van der Waals surface area contributed by atoms with Crippen LogP contribution in [0, 0.1) is 22.7 Å². The molecule has 5 rings (SSSR count). The molecule has 1 aromatic heterocycles. The monoisotopic (exact) mass is 313 g/mol. The summed E-state index contributed by atoms with van der Waals surface area (Å²) >= 11 is 0. The molecule has 4 saturated heterocycles. The number of aromatic nitrogens is 1. The van der Waals surface area contributed by atoms with E-state index in [-0.39, 0.29) is 17.0 Å². The van der Waals surface area contributed by atoms with Crippen LogP contribution in [0.5, 0.6) is 0 Å². The molecule has 4 heteroatoms. The van der Waals surface area contributed by atoms with Crippen molar-refractivity contribution in [2.24, 2.45) is 22.7 Å². The summed E-state index contributed by atoms with van der Waals surface area (Å²) in [5.41, 5.74) is 0.717. The van der Waals surface area contributed by atoms with E-state index in [0.717, 1.165) is 31.9 Å². The average molecular weight is 313 g/mol. The first-order chi connectivity index (χ1) is 10.9. The van der Waals surface area contributed by atoms with E-state index < -0.39 is 0 Å². The van der Waals surface area contributed by atoms with Crippen molar-refractivity contribution in [3.63, 3.8) is 0 Å². The first-order valence-corrected chi connectivity index (χ1v) is 8.85. The van der Waals surface area contributed by atoms with Crippen molar-refractivity contribution in [3.05, 3.63) is 30.1 Å². The van der Waals surface area contributed by atoms with Gasteiger partial charge in [0.05, 0.1) is 16.5 Å². The Labute approximate surface area is 138 Å². The number of nitrogens with zero attached hydrogens (tertiary/aromatic N) is 3. The Morgan fingerprint density at radius 2 is 1.52 bits per heavy atom. The summed E-state index contributed by atoms with van der Waals surface area (Å²) in [6, 6.07) is 6.16. The van der Waals surface area contributed by atoms with Gasteiger partial charge >= 0.3 is 0 Å². The highest BCUT2D eigenvalue weighted by molar-refractivity contribution is 5.94. The second kappa shape index (κ2) is 4.87. The maximum atomic E-state index is 13.5. The largest absolute Gasteiger partial charge is 0.298 e. The molecule has 0 saturated carbocycles. The molecule has 0 aliphatic carbocycles.